The van der Waals surface area contributed by atoms with Crippen molar-refractivity contribution in [3.8, 4) is 5.75 Å². The van der Waals surface area contributed by atoms with Crippen LogP contribution in [0.3, 0.4) is 0 Å². The van der Waals surface area contributed by atoms with Gasteiger partial charge in [0, 0.05) is 5.25 Å². The number of anilines is 1. The van der Waals surface area contributed by atoms with Crippen molar-refractivity contribution in [2.45, 2.75) is 23.4 Å². The van der Waals surface area contributed by atoms with E-state index < -0.39 is 0 Å². The summed E-state index contributed by atoms with van der Waals surface area (Å²) in [6.45, 7) is 4.01. The Hall–Kier alpha value is -1.31. The number of thioether (sulfide) groups is 1. The third kappa shape index (κ3) is 5.18. The first-order valence-corrected chi connectivity index (χ1v) is 8.29. The number of hydrogen-bond donors (Lipinski definition) is 1. The van der Waals surface area contributed by atoms with Crippen molar-refractivity contribution in [1.82, 2.24) is 10.2 Å². The second kappa shape index (κ2) is 7.63. The van der Waals surface area contributed by atoms with Crippen LogP contribution < -0.4 is 10.1 Å². The number of halogens is 1. The summed E-state index contributed by atoms with van der Waals surface area (Å²) in [5.74, 6) is 0.176. The zero-order valence-corrected chi connectivity index (χ0v) is 13.9. The second-order valence-electron chi connectivity index (χ2n) is 4.31. The molecule has 0 fully saturated rings. The van der Waals surface area contributed by atoms with Crippen LogP contribution in [-0.2, 0) is 4.79 Å². The van der Waals surface area contributed by atoms with Crippen LogP contribution in [0.2, 0.25) is 5.02 Å². The number of nitrogens with one attached hydrogen (secondary N) is 1. The minimum atomic E-state index is -0.299. The first-order valence-electron chi connectivity index (χ1n) is 6.22. The van der Waals surface area contributed by atoms with Crippen LogP contribution in [0.1, 0.15) is 13.8 Å². The van der Waals surface area contributed by atoms with Crippen LogP contribution in [0.4, 0.5) is 5.13 Å². The van der Waals surface area contributed by atoms with Gasteiger partial charge in [0.1, 0.15) is 5.75 Å². The lowest BCUT2D eigenvalue weighted by Gasteiger charge is -2.06. The van der Waals surface area contributed by atoms with Crippen LogP contribution in [0.5, 0.6) is 5.75 Å². The van der Waals surface area contributed by atoms with Gasteiger partial charge in [-0.15, -0.1) is 10.2 Å². The van der Waals surface area contributed by atoms with Gasteiger partial charge < -0.3 is 4.74 Å². The van der Waals surface area contributed by atoms with Crippen molar-refractivity contribution in [1.29, 1.82) is 0 Å². The maximum Gasteiger partial charge on any atom is 0.264 e. The Morgan fingerprint density at radius 1 is 1.43 bits per heavy atom. The average molecular weight is 344 g/mol. The Morgan fingerprint density at radius 2 is 2.19 bits per heavy atom. The van der Waals surface area contributed by atoms with E-state index in [0.717, 1.165) is 4.34 Å². The lowest BCUT2D eigenvalue weighted by atomic mass is 10.3. The SMILES string of the molecule is CC(C)Sc1nnc(NC(=O)COc2ccccc2Cl)s1. The molecular formula is C13H14ClN3O2S2. The van der Waals surface area contributed by atoms with Crippen molar-refractivity contribution in [3.05, 3.63) is 29.3 Å². The number of hydrogen-bond acceptors (Lipinski definition) is 6. The van der Waals surface area contributed by atoms with Gasteiger partial charge in [-0.2, -0.15) is 0 Å². The van der Waals surface area contributed by atoms with Crippen molar-refractivity contribution in [3.63, 3.8) is 0 Å². The van der Waals surface area contributed by atoms with E-state index in [9.17, 15) is 4.79 Å². The summed E-state index contributed by atoms with van der Waals surface area (Å²) in [5, 5.41) is 11.9. The molecule has 0 saturated carbocycles. The highest BCUT2D eigenvalue weighted by atomic mass is 35.5. The predicted molar refractivity (Wildman–Crippen MR) is 86.5 cm³/mol. The summed E-state index contributed by atoms with van der Waals surface area (Å²) in [7, 11) is 0. The van der Waals surface area contributed by atoms with E-state index in [1.165, 1.54) is 11.3 Å². The smallest absolute Gasteiger partial charge is 0.264 e. The molecule has 5 nitrogen and oxygen atoms in total. The molecule has 1 aromatic carbocycles. The Labute approximate surface area is 136 Å². The molecule has 0 radical (unpaired) electrons. The fourth-order valence-corrected chi connectivity index (χ4v) is 3.55. The highest BCUT2D eigenvalue weighted by Gasteiger charge is 2.11. The zero-order chi connectivity index (χ0) is 15.2. The lowest BCUT2D eigenvalue weighted by Crippen LogP contribution is -2.20. The molecule has 2 rings (SSSR count). The van der Waals surface area contributed by atoms with Gasteiger partial charge in [0.05, 0.1) is 5.02 Å². The number of amides is 1. The van der Waals surface area contributed by atoms with Crippen molar-refractivity contribution in [2.75, 3.05) is 11.9 Å². The second-order valence-corrected chi connectivity index (χ2v) is 7.52. The van der Waals surface area contributed by atoms with E-state index in [1.54, 1.807) is 36.0 Å². The fraction of sp³-hybridized carbons (Fsp3) is 0.308. The molecule has 0 aliphatic carbocycles. The molecule has 8 heteroatoms. The van der Waals surface area contributed by atoms with Gasteiger partial charge in [0.15, 0.2) is 10.9 Å². The molecule has 0 unspecified atom stereocenters. The van der Waals surface area contributed by atoms with Gasteiger partial charge in [0.2, 0.25) is 5.13 Å². The van der Waals surface area contributed by atoms with Gasteiger partial charge in [-0.3, -0.25) is 10.1 Å². The predicted octanol–water partition coefficient (Wildman–Crippen LogP) is 3.71. The summed E-state index contributed by atoms with van der Waals surface area (Å²) in [5.41, 5.74) is 0. The number of nitrogens with zero attached hydrogens (tertiary/aromatic N) is 2. The summed E-state index contributed by atoms with van der Waals surface area (Å²) < 4.78 is 6.18. The number of carbonyl (C=O) groups excluding carboxylic acids is 1. The molecule has 1 heterocycles. The summed E-state index contributed by atoms with van der Waals surface area (Å²) in [4.78, 5) is 11.8. The number of benzene rings is 1. The molecule has 1 aromatic heterocycles. The first-order chi connectivity index (χ1) is 10.0. The number of para-hydroxylation sites is 1. The molecule has 0 aliphatic heterocycles. The summed E-state index contributed by atoms with van der Waals surface area (Å²) >= 11 is 8.88. The normalized spacial score (nSPS) is 10.7. The van der Waals surface area contributed by atoms with Crippen molar-refractivity contribution < 1.29 is 9.53 Å². The molecule has 0 saturated heterocycles. The molecule has 112 valence electrons. The van der Waals surface area contributed by atoms with Gasteiger partial charge in [-0.05, 0) is 12.1 Å². The Kier molecular flexibility index (Phi) is 5.84. The Balaban J connectivity index is 1.84. The molecule has 0 bridgehead atoms. The van der Waals surface area contributed by atoms with Gasteiger partial charge in [-0.25, -0.2) is 0 Å². The quantitative estimate of drug-likeness (QED) is 0.640. The molecule has 1 N–H and O–H groups in total. The van der Waals surface area contributed by atoms with Gasteiger partial charge in [-0.1, -0.05) is 60.7 Å². The number of ether oxygens (including phenoxy) is 1. The van der Waals surface area contributed by atoms with Crippen molar-refractivity contribution >= 4 is 45.7 Å². The molecular weight excluding hydrogens is 330 g/mol. The van der Waals surface area contributed by atoms with E-state index in [1.807, 2.05) is 0 Å². The monoisotopic (exact) mass is 343 g/mol. The minimum absolute atomic E-state index is 0.129. The highest BCUT2D eigenvalue weighted by Crippen LogP contribution is 2.28. The molecule has 2 aromatic rings. The first kappa shape index (κ1) is 16.1. The van der Waals surface area contributed by atoms with E-state index in [2.05, 4.69) is 29.4 Å². The lowest BCUT2D eigenvalue weighted by molar-refractivity contribution is -0.118. The third-order valence-electron chi connectivity index (χ3n) is 2.18. The third-order valence-corrected chi connectivity index (χ3v) is 4.42. The summed E-state index contributed by atoms with van der Waals surface area (Å²) in [6, 6.07) is 7.00. The molecule has 0 spiro atoms. The zero-order valence-electron chi connectivity index (χ0n) is 11.5. The largest absolute Gasteiger partial charge is 0.482 e. The van der Waals surface area contributed by atoms with Crippen LogP contribution >= 0.6 is 34.7 Å². The molecule has 0 aliphatic rings. The Bertz CT molecular complexity index is 619. The number of carbonyl (C=O) groups is 1. The van der Waals surface area contributed by atoms with E-state index in [4.69, 9.17) is 16.3 Å². The topological polar surface area (TPSA) is 64.1 Å². The molecule has 1 amide bonds. The van der Waals surface area contributed by atoms with Crippen LogP contribution in [0, 0.1) is 0 Å². The van der Waals surface area contributed by atoms with Crippen LogP contribution in [0.25, 0.3) is 0 Å². The van der Waals surface area contributed by atoms with E-state index in [0.29, 0.717) is 21.2 Å². The molecule has 21 heavy (non-hydrogen) atoms. The van der Waals surface area contributed by atoms with E-state index >= 15 is 0 Å². The Morgan fingerprint density at radius 3 is 2.90 bits per heavy atom. The van der Waals surface area contributed by atoms with Gasteiger partial charge >= 0.3 is 0 Å². The van der Waals surface area contributed by atoms with E-state index in [-0.39, 0.29) is 12.5 Å². The fourth-order valence-electron chi connectivity index (χ4n) is 1.37. The van der Waals surface area contributed by atoms with Gasteiger partial charge in [0.25, 0.3) is 5.91 Å². The highest BCUT2D eigenvalue weighted by molar-refractivity contribution is 8.01. The maximum absolute atomic E-state index is 11.8. The molecule has 0 atom stereocenters. The maximum atomic E-state index is 11.8. The number of aromatic nitrogens is 2. The standard InChI is InChI=1S/C13H14ClN3O2S2/c1-8(2)20-13-17-16-12(21-13)15-11(18)7-19-10-6-4-3-5-9(10)14/h3-6,8H,7H2,1-2H3,(H,15,16,18). The van der Waals surface area contributed by atoms with Crippen molar-refractivity contribution in [2.24, 2.45) is 0 Å². The van der Waals surface area contributed by atoms with Crippen LogP contribution in [-0.4, -0.2) is 28.0 Å². The number of rotatable bonds is 6. The minimum Gasteiger partial charge on any atom is -0.482 e. The van der Waals surface area contributed by atoms with Crippen LogP contribution in [0.15, 0.2) is 28.6 Å². The average Bonchev–Trinajstić information content (AvgIpc) is 2.84. The summed E-state index contributed by atoms with van der Waals surface area (Å²) in [6.07, 6.45) is 0.